The molecule has 36 heavy (non-hydrogen) atoms. The number of carboxylic acid groups (broad SMARTS) is 1. The van der Waals surface area contributed by atoms with Gasteiger partial charge in [-0.3, -0.25) is 4.79 Å². The maximum Gasteiger partial charge on any atom is 0.341 e. The molecule has 1 aromatic heterocycles. The Kier molecular flexibility index (Phi) is 7.77. The molecule has 8 nitrogen and oxygen atoms in total. The molecule has 1 heterocycles. The maximum absolute atomic E-state index is 13.8. The predicted molar refractivity (Wildman–Crippen MR) is 134 cm³/mol. The van der Waals surface area contributed by atoms with Crippen LogP contribution >= 0.6 is 23.2 Å². The zero-order chi connectivity index (χ0) is 25.7. The van der Waals surface area contributed by atoms with E-state index in [4.69, 9.17) is 42.4 Å². The monoisotopic (exact) mass is 526 g/mol. The number of hydrogen-bond acceptors (Lipinski definition) is 6. The third-order valence-corrected chi connectivity index (χ3v) is 5.58. The zero-order valence-corrected chi connectivity index (χ0v) is 20.5. The quantitative estimate of drug-likeness (QED) is 0.257. The number of nitrogens with zero attached hydrogens (tertiary/aromatic N) is 2. The van der Waals surface area contributed by atoms with Gasteiger partial charge in [0, 0.05) is 16.1 Å². The summed E-state index contributed by atoms with van der Waals surface area (Å²) in [5.41, 5.74) is 1.69. The molecule has 0 fully saturated rings. The molecule has 0 saturated heterocycles. The van der Waals surface area contributed by atoms with Crippen molar-refractivity contribution in [3.8, 4) is 34.1 Å². The predicted octanol–water partition coefficient (Wildman–Crippen LogP) is 6.23. The van der Waals surface area contributed by atoms with Crippen LogP contribution in [0.5, 0.6) is 11.5 Å². The number of carbonyl (C=O) groups is 2. The lowest BCUT2D eigenvalue weighted by Gasteiger charge is -2.21. The van der Waals surface area contributed by atoms with Crippen LogP contribution in [0.4, 0.5) is 0 Å². The van der Waals surface area contributed by atoms with Gasteiger partial charge in [-0.25, -0.2) is 4.79 Å². The number of aliphatic carboxylic acids is 1. The molecule has 4 aromatic rings. The highest BCUT2D eigenvalue weighted by Crippen LogP contribution is 2.35. The Labute approximate surface area is 216 Å². The first-order chi connectivity index (χ1) is 17.4. The Morgan fingerprint density at radius 3 is 2.36 bits per heavy atom. The Hall–Kier alpha value is -4.01. The van der Waals surface area contributed by atoms with Crippen LogP contribution in [0.15, 0.2) is 77.3 Å². The largest absolute Gasteiger partial charge is 0.482 e. The Bertz CT molecular complexity index is 1370. The van der Waals surface area contributed by atoms with Gasteiger partial charge in [-0.2, -0.15) is 5.06 Å². The van der Waals surface area contributed by atoms with Gasteiger partial charge < -0.3 is 19.2 Å². The second-order valence-corrected chi connectivity index (χ2v) is 8.32. The van der Waals surface area contributed by atoms with E-state index in [1.165, 1.54) is 6.07 Å². The molecule has 0 aliphatic rings. The molecular formula is C26H20Cl2N2O6. The fourth-order valence-electron chi connectivity index (χ4n) is 3.37. The van der Waals surface area contributed by atoms with Crippen LogP contribution in [0.2, 0.25) is 10.0 Å². The summed E-state index contributed by atoms with van der Waals surface area (Å²) in [6.07, 6.45) is 0. The second kappa shape index (κ2) is 11.2. The number of carboxylic acids is 1. The minimum Gasteiger partial charge on any atom is -0.482 e. The topological polar surface area (TPSA) is 102 Å². The highest BCUT2D eigenvalue weighted by Gasteiger charge is 2.30. The summed E-state index contributed by atoms with van der Waals surface area (Å²) in [6, 6.07) is 20.3. The van der Waals surface area contributed by atoms with E-state index in [9.17, 15) is 9.59 Å². The fraction of sp³-hybridized carbons (Fsp3) is 0.115. The van der Waals surface area contributed by atoms with Crippen molar-refractivity contribution >= 4 is 35.1 Å². The van der Waals surface area contributed by atoms with E-state index in [2.05, 4.69) is 5.16 Å². The maximum atomic E-state index is 13.8. The molecule has 3 aromatic carbocycles. The lowest BCUT2D eigenvalue weighted by molar-refractivity contribution is -0.139. The van der Waals surface area contributed by atoms with Crippen molar-refractivity contribution in [1.82, 2.24) is 10.2 Å². The Balaban J connectivity index is 1.73. The van der Waals surface area contributed by atoms with Gasteiger partial charge >= 0.3 is 5.97 Å². The van der Waals surface area contributed by atoms with Gasteiger partial charge in [0.25, 0.3) is 5.91 Å². The first-order valence-electron chi connectivity index (χ1n) is 10.8. The van der Waals surface area contributed by atoms with Crippen molar-refractivity contribution in [2.75, 3.05) is 13.2 Å². The van der Waals surface area contributed by atoms with E-state index in [1.54, 1.807) is 55.5 Å². The number of rotatable bonds is 9. The summed E-state index contributed by atoms with van der Waals surface area (Å²) in [7, 11) is 0. The summed E-state index contributed by atoms with van der Waals surface area (Å²) < 4.78 is 10.8. The number of benzene rings is 3. The first-order valence-corrected chi connectivity index (χ1v) is 11.6. The van der Waals surface area contributed by atoms with Crippen LogP contribution in [-0.4, -0.2) is 40.4 Å². The summed E-state index contributed by atoms with van der Waals surface area (Å²) in [6.45, 7) is 1.48. The average Bonchev–Trinajstić information content (AvgIpc) is 3.33. The Morgan fingerprint density at radius 2 is 1.72 bits per heavy atom. The third kappa shape index (κ3) is 5.62. The van der Waals surface area contributed by atoms with Crippen molar-refractivity contribution in [2.45, 2.75) is 6.92 Å². The molecule has 10 heteroatoms. The van der Waals surface area contributed by atoms with E-state index in [0.717, 1.165) is 5.06 Å². The number of carbonyl (C=O) groups excluding carboxylic acids is 1. The third-order valence-electron chi connectivity index (χ3n) is 5.05. The van der Waals surface area contributed by atoms with Crippen LogP contribution in [0.1, 0.15) is 17.3 Å². The van der Waals surface area contributed by atoms with Crippen molar-refractivity contribution in [3.63, 3.8) is 0 Å². The molecule has 0 aliphatic carbocycles. The SMILES string of the molecule is CCN(Oc1ccc(Cl)cc1Cl)C(=O)c1c(-c2ccc(OCC(=O)O)cc2)noc1-c1ccccc1. The highest BCUT2D eigenvalue weighted by atomic mass is 35.5. The normalized spacial score (nSPS) is 10.6. The second-order valence-electron chi connectivity index (χ2n) is 7.47. The molecule has 0 radical (unpaired) electrons. The van der Waals surface area contributed by atoms with Gasteiger partial charge in [0.2, 0.25) is 0 Å². The van der Waals surface area contributed by atoms with E-state index in [-0.39, 0.29) is 34.3 Å². The van der Waals surface area contributed by atoms with Gasteiger partial charge in [0.05, 0.1) is 11.6 Å². The lowest BCUT2D eigenvalue weighted by atomic mass is 10.0. The van der Waals surface area contributed by atoms with Gasteiger partial charge in [-0.1, -0.05) is 58.7 Å². The summed E-state index contributed by atoms with van der Waals surface area (Å²) in [5, 5.41) is 14.8. The molecule has 1 N–H and O–H groups in total. The average molecular weight is 527 g/mol. The fourth-order valence-corrected chi connectivity index (χ4v) is 3.81. The Morgan fingerprint density at radius 1 is 1.00 bits per heavy atom. The van der Waals surface area contributed by atoms with Crippen LogP contribution in [0.25, 0.3) is 22.6 Å². The standard InChI is InChI=1S/C26H20Cl2N2O6/c1-2-30(36-21-13-10-18(27)14-20(21)28)26(33)23-24(29-35-25(23)17-6-4-3-5-7-17)16-8-11-19(12-9-16)34-15-22(31)32/h3-14H,2,15H2,1H3,(H,31,32). The van der Waals surface area contributed by atoms with Crippen LogP contribution in [0.3, 0.4) is 0 Å². The number of hydroxylamine groups is 2. The summed E-state index contributed by atoms with van der Waals surface area (Å²) in [4.78, 5) is 30.4. The van der Waals surface area contributed by atoms with Gasteiger partial charge in [0.1, 0.15) is 17.0 Å². The molecule has 0 aliphatic heterocycles. The van der Waals surface area contributed by atoms with Gasteiger partial charge in [0.15, 0.2) is 18.1 Å². The van der Waals surface area contributed by atoms with E-state index >= 15 is 0 Å². The van der Waals surface area contributed by atoms with Gasteiger partial charge in [-0.15, -0.1) is 0 Å². The smallest absolute Gasteiger partial charge is 0.341 e. The molecule has 1 amide bonds. The number of ether oxygens (including phenoxy) is 1. The van der Waals surface area contributed by atoms with E-state index in [1.807, 2.05) is 18.2 Å². The molecule has 0 spiro atoms. The number of amides is 1. The molecule has 184 valence electrons. The molecule has 0 atom stereocenters. The van der Waals surface area contributed by atoms with Gasteiger partial charge in [-0.05, 0) is 49.4 Å². The summed E-state index contributed by atoms with van der Waals surface area (Å²) >= 11 is 12.2. The van der Waals surface area contributed by atoms with Crippen molar-refractivity contribution in [1.29, 1.82) is 0 Å². The first kappa shape index (κ1) is 25.1. The molecule has 0 unspecified atom stereocenters. The summed E-state index contributed by atoms with van der Waals surface area (Å²) in [5.74, 6) is -0.695. The van der Waals surface area contributed by atoms with Crippen LogP contribution in [-0.2, 0) is 4.79 Å². The minimum atomic E-state index is -1.09. The zero-order valence-electron chi connectivity index (χ0n) is 19.0. The van der Waals surface area contributed by atoms with Crippen LogP contribution < -0.4 is 9.57 Å². The highest BCUT2D eigenvalue weighted by molar-refractivity contribution is 6.35. The lowest BCUT2D eigenvalue weighted by Crippen LogP contribution is -2.34. The molecule has 0 saturated carbocycles. The van der Waals surface area contributed by atoms with Crippen molar-refractivity contribution < 1.29 is 28.8 Å². The minimum absolute atomic E-state index is 0.187. The van der Waals surface area contributed by atoms with Crippen molar-refractivity contribution in [3.05, 3.63) is 88.4 Å². The molecule has 0 bridgehead atoms. The number of hydrogen-bond donors (Lipinski definition) is 1. The van der Waals surface area contributed by atoms with E-state index < -0.39 is 18.5 Å². The van der Waals surface area contributed by atoms with E-state index in [0.29, 0.717) is 21.9 Å². The molecule has 4 rings (SSSR count). The number of aromatic nitrogens is 1. The van der Waals surface area contributed by atoms with Crippen LogP contribution in [0, 0.1) is 0 Å². The molecular weight excluding hydrogens is 507 g/mol. The number of halogens is 2. The van der Waals surface area contributed by atoms with Crippen molar-refractivity contribution in [2.24, 2.45) is 0 Å².